The molecule has 0 aliphatic rings. The molecule has 0 saturated heterocycles. The average molecular weight is 616 g/mol. The Labute approximate surface area is 274 Å². The molecule has 0 radical (unpaired) electrons. The molecular weight excluding hydrogens is 590 g/mol. The topological polar surface area (TPSA) is 65.0 Å². The Hall–Kier alpha value is -6.59. The molecule has 0 bridgehead atoms. The lowest BCUT2D eigenvalue weighted by atomic mass is 9.95. The first kappa shape index (κ1) is 26.6. The summed E-state index contributed by atoms with van der Waals surface area (Å²) in [5, 5.41) is 6.55. The average Bonchev–Trinajstić information content (AvgIpc) is 3.74. The zero-order valence-electron chi connectivity index (χ0n) is 25.6. The van der Waals surface area contributed by atoms with Crippen LogP contribution in [0.1, 0.15) is 0 Å². The smallest absolute Gasteiger partial charge is 0.167 e. The Bertz CT molecular complexity index is 2850. The van der Waals surface area contributed by atoms with Gasteiger partial charge in [-0.15, -0.1) is 0 Å². The summed E-state index contributed by atoms with van der Waals surface area (Å²) in [6, 6.07) is 51.6. The number of rotatable bonds is 4. The molecule has 5 heteroatoms. The fourth-order valence-corrected chi connectivity index (χ4v) is 6.88. The van der Waals surface area contributed by atoms with Gasteiger partial charge >= 0.3 is 0 Å². The van der Waals surface area contributed by atoms with Crippen LogP contribution in [-0.2, 0) is 0 Å². The van der Waals surface area contributed by atoms with Crippen molar-refractivity contribution in [1.82, 2.24) is 15.0 Å². The summed E-state index contributed by atoms with van der Waals surface area (Å²) in [5.41, 5.74) is 8.21. The second kappa shape index (κ2) is 10.5. The van der Waals surface area contributed by atoms with E-state index in [9.17, 15) is 0 Å². The maximum atomic E-state index is 6.39. The van der Waals surface area contributed by atoms with Gasteiger partial charge in [-0.3, -0.25) is 0 Å². The van der Waals surface area contributed by atoms with Crippen LogP contribution in [0.4, 0.5) is 0 Å². The van der Waals surface area contributed by atoms with Gasteiger partial charge in [0, 0.05) is 38.1 Å². The predicted octanol–water partition coefficient (Wildman–Crippen LogP) is 11.5. The fraction of sp³-hybridized carbons (Fsp3) is 0. The third kappa shape index (κ3) is 4.15. The minimum atomic E-state index is 0.561. The molecule has 0 spiro atoms. The highest BCUT2D eigenvalue weighted by Gasteiger charge is 2.18. The van der Waals surface area contributed by atoms with Crippen LogP contribution in [0.15, 0.2) is 160 Å². The molecule has 10 aromatic rings. The van der Waals surface area contributed by atoms with E-state index in [1.807, 2.05) is 72.8 Å². The molecule has 0 saturated carbocycles. The zero-order valence-corrected chi connectivity index (χ0v) is 25.6. The number of nitrogens with zero attached hydrogens (tertiary/aromatic N) is 3. The predicted molar refractivity (Wildman–Crippen MR) is 194 cm³/mol. The Kier molecular flexibility index (Phi) is 5.81. The molecule has 224 valence electrons. The van der Waals surface area contributed by atoms with Crippen LogP contribution in [0.5, 0.6) is 0 Å². The van der Waals surface area contributed by atoms with Gasteiger partial charge in [-0.2, -0.15) is 0 Å². The minimum absolute atomic E-state index is 0.561. The standard InChI is InChI=1S/C43H25N3O2/c1-2-11-26(12-3-1)41-44-42(46-43(45-41)36-20-10-19-34-31-15-4-6-21-37(31)48-40(34)36)28-14-8-13-27(25-28)29-17-9-18-33-30(29)23-24-35-32-16-5-7-22-38(32)47-39(33)35/h1-25H. The summed E-state index contributed by atoms with van der Waals surface area (Å²) < 4.78 is 12.8. The number of benzene rings is 7. The molecule has 7 aromatic carbocycles. The second-order valence-corrected chi connectivity index (χ2v) is 12.0. The SMILES string of the molecule is c1ccc(-c2nc(-c3cccc(-c4cccc5c4ccc4c6ccccc6oc54)c3)nc(-c3cccc4c3oc3ccccc34)n2)cc1. The molecule has 3 aromatic heterocycles. The third-order valence-corrected chi connectivity index (χ3v) is 9.15. The summed E-state index contributed by atoms with van der Waals surface area (Å²) in [6.07, 6.45) is 0. The summed E-state index contributed by atoms with van der Waals surface area (Å²) in [5.74, 6) is 1.76. The first-order chi connectivity index (χ1) is 23.8. The van der Waals surface area contributed by atoms with Crippen molar-refractivity contribution in [2.45, 2.75) is 0 Å². The van der Waals surface area contributed by atoms with Crippen molar-refractivity contribution in [3.63, 3.8) is 0 Å². The van der Waals surface area contributed by atoms with E-state index in [-0.39, 0.29) is 0 Å². The van der Waals surface area contributed by atoms with E-state index >= 15 is 0 Å². The molecule has 48 heavy (non-hydrogen) atoms. The fourth-order valence-electron chi connectivity index (χ4n) is 6.88. The van der Waals surface area contributed by atoms with Gasteiger partial charge in [0.25, 0.3) is 0 Å². The first-order valence-corrected chi connectivity index (χ1v) is 15.9. The van der Waals surface area contributed by atoms with E-state index in [1.54, 1.807) is 0 Å². The zero-order chi connectivity index (χ0) is 31.6. The number of fused-ring (bicyclic) bond motifs is 8. The number of hydrogen-bond acceptors (Lipinski definition) is 5. The van der Waals surface area contributed by atoms with Crippen LogP contribution in [0.25, 0.3) is 99.9 Å². The summed E-state index contributed by atoms with van der Waals surface area (Å²) >= 11 is 0. The van der Waals surface area contributed by atoms with Gasteiger partial charge in [0.15, 0.2) is 17.5 Å². The van der Waals surface area contributed by atoms with Gasteiger partial charge in [0.05, 0.1) is 5.56 Å². The molecule has 0 atom stereocenters. The Morgan fingerprint density at radius 2 is 0.812 bits per heavy atom. The van der Waals surface area contributed by atoms with Crippen molar-refractivity contribution in [2.75, 3.05) is 0 Å². The molecule has 0 aliphatic heterocycles. The van der Waals surface area contributed by atoms with E-state index in [2.05, 4.69) is 78.9 Å². The quantitative estimate of drug-likeness (QED) is 0.197. The van der Waals surface area contributed by atoms with Crippen molar-refractivity contribution in [2.24, 2.45) is 0 Å². The van der Waals surface area contributed by atoms with Gasteiger partial charge in [-0.25, -0.2) is 15.0 Å². The summed E-state index contributed by atoms with van der Waals surface area (Å²) in [7, 11) is 0. The summed E-state index contributed by atoms with van der Waals surface area (Å²) in [4.78, 5) is 15.1. The lowest BCUT2D eigenvalue weighted by molar-refractivity contribution is 0.669. The number of aromatic nitrogens is 3. The van der Waals surface area contributed by atoms with Crippen LogP contribution in [0, 0.1) is 0 Å². The van der Waals surface area contributed by atoms with Crippen molar-refractivity contribution in [3.05, 3.63) is 152 Å². The molecule has 0 fully saturated rings. The lowest BCUT2D eigenvalue weighted by Gasteiger charge is -2.11. The van der Waals surface area contributed by atoms with Crippen LogP contribution in [-0.4, -0.2) is 15.0 Å². The van der Waals surface area contributed by atoms with Gasteiger partial charge in [-0.05, 0) is 46.8 Å². The molecule has 0 unspecified atom stereocenters. The normalized spacial score (nSPS) is 11.8. The number of furan rings is 2. The molecule has 0 N–H and O–H groups in total. The minimum Gasteiger partial charge on any atom is -0.455 e. The maximum absolute atomic E-state index is 6.39. The van der Waals surface area contributed by atoms with Gasteiger partial charge < -0.3 is 8.83 Å². The van der Waals surface area contributed by atoms with Crippen LogP contribution >= 0.6 is 0 Å². The lowest BCUT2D eigenvalue weighted by Crippen LogP contribution is -2.00. The van der Waals surface area contributed by atoms with Crippen molar-refractivity contribution < 1.29 is 8.83 Å². The molecule has 0 aliphatic carbocycles. The van der Waals surface area contributed by atoms with E-state index in [1.165, 1.54) is 0 Å². The van der Waals surface area contributed by atoms with Gasteiger partial charge in [0.1, 0.15) is 22.3 Å². The monoisotopic (exact) mass is 615 g/mol. The molecule has 3 heterocycles. The third-order valence-electron chi connectivity index (χ3n) is 9.15. The Morgan fingerprint density at radius 3 is 1.58 bits per heavy atom. The Morgan fingerprint density at radius 1 is 0.312 bits per heavy atom. The highest BCUT2D eigenvalue weighted by molar-refractivity contribution is 6.17. The van der Waals surface area contributed by atoms with Crippen molar-refractivity contribution >= 4 is 54.6 Å². The van der Waals surface area contributed by atoms with Gasteiger partial charge in [0.2, 0.25) is 0 Å². The summed E-state index contributed by atoms with van der Waals surface area (Å²) in [6.45, 7) is 0. The maximum Gasteiger partial charge on any atom is 0.167 e. The van der Waals surface area contributed by atoms with Gasteiger partial charge in [-0.1, -0.05) is 121 Å². The van der Waals surface area contributed by atoms with Crippen LogP contribution in [0.2, 0.25) is 0 Å². The van der Waals surface area contributed by atoms with E-state index in [4.69, 9.17) is 23.8 Å². The first-order valence-electron chi connectivity index (χ1n) is 15.9. The highest BCUT2D eigenvalue weighted by Crippen LogP contribution is 2.39. The van der Waals surface area contributed by atoms with Crippen LogP contribution in [0.3, 0.4) is 0 Å². The Balaban J connectivity index is 1.16. The molecular formula is C43H25N3O2. The van der Waals surface area contributed by atoms with Crippen molar-refractivity contribution in [1.29, 1.82) is 0 Å². The van der Waals surface area contributed by atoms with Crippen molar-refractivity contribution in [3.8, 4) is 45.3 Å². The molecule has 10 rings (SSSR count). The molecule has 5 nitrogen and oxygen atoms in total. The highest BCUT2D eigenvalue weighted by atomic mass is 16.3. The molecule has 0 amide bonds. The number of hydrogen-bond donors (Lipinski definition) is 0. The second-order valence-electron chi connectivity index (χ2n) is 12.0. The van der Waals surface area contributed by atoms with E-state index in [0.29, 0.717) is 17.5 Å². The van der Waals surface area contributed by atoms with E-state index in [0.717, 1.165) is 82.5 Å². The number of para-hydroxylation sites is 3. The van der Waals surface area contributed by atoms with E-state index < -0.39 is 0 Å². The van der Waals surface area contributed by atoms with Crippen LogP contribution < -0.4 is 0 Å². The largest absolute Gasteiger partial charge is 0.455 e.